The van der Waals surface area contributed by atoms with Crippen LogP contribution in [-0.4, -0.2) is 134 Å². The Morgan fingerprint density at radius 1 is 0.879 bits per heavy atom. The number of fused-ring (bicyclic) bond motifs is 3. The summed E-state index contributed by atoms with van der Waals surface area (Å²) >= 11 is 0. The largest absolute Gasteiger partial charge is 0.469 e. The highest BCUT2D eigenvalue weighted by Gasteiger charge is 2.50. The Morgan fingerprint density at radius 3 is 2.17 bits per heavy atom. The first-order valence-electron chi connectivity index (χ1n) is 21.0. The van der Waals surface area contributed by atoms with Crippen LogP contribution in [0.1, 0.15) is 64.0 Å². The van der Waals surface area contributed by atoms with Gasteiger partial charge in [0.25, 0.3) is 0 Å². The Balaban J connectivity index is 1.38. The number of piperidine rings is 1. The van der Waals surface area contributed by atoms with E-state index in [4.69, 9.17) is 9.26 Å². The van der Waals surface area contributed by atoms with E-state index in [2.05, 4.69) is 21.3 Å². The Bertz CT molecular complexity index is 2250. The molecular weight excluding hydrogens is 908 g/mol. The molecule has 6 rings (SSSR count). The molecule has 4 heterocycles. The number of halogens is 5. The number of cyclic esters (lactones) is 1. The number of carbonyl (C=O) groups excluding carboxylic acids is 7. The molecule has 0 aliphatic carbocycles. The van der Waals surface area contributed by atoms with Crippen molar-refractivity contribution < 1.29 is 79.1 Å². The number of ether oxygens (including phenoxy) is 1. The fraction of sp³-hybridized carbons (Fsp3) is 0.537. The van der Waals surface area contributed by atoms with Crippen LogP contribution in [0, 0.1) is 17.6 Å². The van der Waals surface area contributed by atoms with Crippen LogP contribution < -0.4 is 21.3 Å². The van der Waals surface area contributed by atoms with Crippen molar-refractivity contribution in [1.82, 2.24) is 30.7 Å². The Labute approximate surface area is 374 Å². The molecule has 2 aromatic rings. The lowest BCUT2D eigenvalue weighted by molar-refractivity contribution is -0.163. The molecule has 4 aliphatic rings. The molecule has 0 unspecified atom stereocenters. The number of phosphoric acid groups is 1. The molecule has 66 heavy (non-hydrogen) atoms. The zero-order chi connectivity index (χ0) is 48.4. The molecule has 0 aromatic heterocycles. The number of phosphoric ester groups is 1. The van der Waals surface area contributed by atoms with E-state index < -0.39 is 141 Å². The third-order valence-electron chi connectivity index (χ3n) is 11.8. The number of carbonyl (C=O) groups is 7. The molecule has 0 spiro atoms. The number of nitrogens with one attached hydrogen (secondary N) is 4. The van der Waals surface area contributed by atoms with Crippen molar-refractivity contribution in [3.8, 4) is 0 Å². The predicted molar refractivity (Wildman–Crippen MR) is 218 cm³/mol. The molecule has 4 saturated heterocycles. The molecule has 0 saturated carbocycles. The van der Waals surface area contributed by atoms with Crippen LogP contribution in [0.2, 0.25) is 0 Å². The van der Waals surface area contributed by atoms with Crippen LogP contribution in [0.4, 0.5) is 32.4 Å². The van der Waals surface area contributed by atoms with Gasteiger partial charge in [0.1, 0.15) is 54.0 Å². The first-order valence-corrected chi connectivity index (χ1v) is 22.6. The van der Waals surface area contributed by atoms with E-state index in [0.717, 1.165) is 29.2 Å². The summed E-state index contributed by atoms with van der Waals surface area (Å²) in [6, 6.07) is -4.84. The smallest absolute Gasteiger partial charge is 0.458 e. The summed E-state index contributed by atoms with van der Waals surface area (Å²) in [6.45, 7) is 3.76. The van der Waals surface area contributed by atoms with Gasteiger partial charge >= 0.3 is 26.0 Å². The van der Waals surface area contributed by atoms with Crippen molar-refractivity contribution in [2.24, 2.45) is 5.92 Å². The highest BCUT2D eigenvalue weighted by Crippen LogP contribution is 2.41. The monoisotopic (exact) mass is 957 g/mol. The van der Waals surface area contributed by atoms with Gasteiger partial charge in [-0.2, -0.15) is 13.2 Å². The maximum absolute atomic E-state index is 14.9. The molecule has 25 heteroatoms. The number of rotatable bonds is 8. The summed E-state index contributed by atoms with van der Waals surface area (Å²) in [4.78, 5) is 122. The topological polar surface area (TPSA) is 253 Å². The minimum Gasteiger partial charge on any atom is -0.458 e. The molecule has 19 nitrogen and oxygen atoms in total. The lowest BCUT2D eigenvalue weighted by Crippen LogP contribution is -2.63. The van der Waals surface area contributed by atoms with Crippen LogP contribution in [0.3, 0.4) is 0 Å². The van der Waals surface area contributed by atoms with Crippen molar-refractivity contribution >= 4 is 55.0 Å². The van der Waals surface area contributed by atoms with Crippen LogP contribution in [0.25, 0.3) is 0 Å². The van der Waals surface area contributed by atoms with Gasteiger partial charge in [-0.3, -0.25) is 28.5 Å². The van der Waals surface area contributed by atoms with Gasteiger partial charge in [0.05, 0.1) is 11.7 Å². The zero-order valence-electron chi connectivity index (χ0n) is 35.8. The number of urea groups is 1. The van der Waals surface area contributed by atoms with E-state index in [0.29, 0.717) is 31.0 Å². The summed E-state index contributed by atoms with van der Waals surface area (Å²) < 4.78 is 91.1. The molecule has 4 fully saturated rings. The van der Waals surface area contributed by atoms with Crippen molar-refractivity contribution in [1.29, 1.82) is 0 Å². The molecule has 360 valence electrons. The fourth-order valence-corrected chi connectivity index (χ4v) is 9.26. The molecule has 2 aromatic carbocycles. The Hall–Kier alpha value is -5.71. The maximum atomic E-state index is 14.9. The number of hydrogen-bond acceptors (Lipinski definition) is 10. The molecule has 0 radical (unpaired) electrons. The average molecular weight is 958 g/mol. The van der Waals surface area contributed by atoms with Gasteiger partial charge in [0.15, 0.2) is 0 Å². The quantitative estimate of drug-likeness (QED) is 0.127. The summed E-state index contributed by atoms with van der Waals surface area (Å²) in [5.74, 6) is -8.05. The van der Waals surface area contributed by atoms with Gasteiger partial charge in [0, 0.05) is 44.2 Å². The van der Waals surface area contributed by atoms with Gasteiger partial charge < -0.3 is 50.5 Å². The molecule has 4 aliphatic heterocycles. The highest BCUT2D eigenvalue weighted by molar-refractivity contribution is 7.46. The lowest BCUT2D eigenvalue weighted by atomic mass is 9.98. The minimum absolute atomic E-state index is 0.00422. The van der Waals surface area contributed by atoms with Crippen LogP contribution in [0.15, 0.2) is 42.5 Å². The number of nitrogens with zero attached hydrogens (tertiary/aromatic N) is 3. The van der Waals surface area contributed by atoms with E-state index in [-0.39, 0.29) is 43.1 Å². The second-order valence-corrected chi connectivity index (χ2v) is 18.1. The molecule has 6 N–H and O–H groups in total. The van der Waals surface area contributed by atoms with E-state index in [9.17, 15) is 69.9 Å². The molecule has 7 amide bonds. The number of amides is 7. The molecule has 9 atom stereocenters. The van der Waals surface area contributed by atoms with Gasteiger partial charge in [-0.25, -0.2) is 22.9 Å². The van der Waals surface area contributed by atoms with Gasteiger partial charge in [-0.15, -0.1) is 0 Å². The van der Waals surface area contributed by atoms with Gasteiger partial charge in [-0.1, -0.05) is 6.92 Å². The van der Waals surface area contributed by atoms with E-state index in [1.54, 1.807) is 6.92 Å². The average Bonchev–Trinajstić information content (AvgIpc) is 3.83. The summed E-state index contributed by atoms with van der Waals surface area (Å²) in [6.07, 6.45) is -7.92. The van der Waals surface area contributed by atoms with Crippen molar-refractivity contribution in [2.45, 2.75) is 114 Å². The second kappa shape index (κ2) is 20.0. The van der Waals surface area contributed by atoms with Crippen molar-refractivity contribution in [3.05, 3.63) is 65.2 Å². The number of esters is 1. The van der Waals surface area contributed by atoms with Gasteiger partial charge in [0.2, 0.25) is 29.5 Å². The maximum Gasteiger partial charge on any atom is 0.469 e. The first-order chi connectivity index (χ1) is 30.9. The highest BCUT2D eigenvalue weighted by atomic mass is 31.2. The zero-order valence-corrected chi connectivity index (χ0v) is 36.7. The third kappa shape index (κ3) is 12.0. The molecule has 0 bridgehead atoms. The van der Waals surface area contributed by atoms with Gasteiger partial charge in [-0.05, 0) is 87.4 Å². The number of hydrogen-bond donors (Lipinski definition) is 6. The third-order valence-corrected chi connectivity index (χ3v) is 12.4. The van der Waals surface area contributed by atoms with E-state index in [1.165, 1.54) is 23.6 Å². The minimum atomic E-state index is -5.26. The van der Waals surface area contributed by atoms with Crippen LogP contribution in [-0.2, 0) is 55.2 Å². The fourth-order valence-electron chi connectivity index (χ4n) is 8.72. The number of anilines is 1. The predicted octanol–water partition coefficient (Wildman–Crippen LogP) is 2.35. The number of alkyl halides is 3. The Kier molecular flexibility index (Phi) is 15.1. The SMILES string of the molecule is C[C@@H]1C[C@H]2C(=O)O[C@@H](C)[C@H](NC(=O)[C@H](Cc3cc(F)cc(F)c3)NC(=O)Nc3ccc(C(F)(F)F)cc3)C(=O)N3C[C@H](OP(=O)(O)O)C[C@H]3C(=O)N3CCCC[C@H]3C(=O)N[C@@H](C)C(=O)N2C1. The normalized spacial score (nSPS) is 27.3. The Morgan fingerprint density at radius 2 is 1.53 bits per heavy atom. The lowest BCUT2D eigenvalue weighted by Gasteiger charge is -2.39. The van der Waals surface area contributed by atoms with E-state index in [1.807, 2.05) is 0 Å². The van der Waals surface area contributed by atoms with Crippen LogP contribution in [0.5, 0.6) is 0 Å². The standard InChI is InChI=1S/C41H49F5N7O12P/c1-20-12-32-39(59)64-22(3)33(50-34(54)29(15-23-13-25(42)16-26(43)14-23)49-40(60)48-27-9-7-24(8-10-27)41(44,45)46)38(58)53-19-28(65-66(61,62)63)17-31(53)37(57)51-11-5-4-6-30(51)35(55)47-21(2)36(56)52(32)18-20/h7-10,13-14,16,20-22,28-33H,4-6,11-12,15,17-19H2,1-3H3,(H,47,55)(H,50,54)(H2,48,49,60)(H2,61,62,63)/t20-,21+,22+,28-,29+,30+,31+,32+,33+/m1/s1. The number of benzene rings is 2. The van der Waals surface area contributed by atoms with Crippen molar-refractivity contribution in [2.75, 3.05) is 25.0 Å². The van der Waals surface area contributed by atoms with Crippen LogP contribution >= 0.6 is 7.82 Å². The summed E-state index contributed by atoms with van der Waals surface area (Å²) in [5.41, 5.74) is -1.40. The first kappa shape index (κ1) is 49.7. The van der Waals surface area contributed by atoms with Crippen molar-refractivity contribution in [3.63, 3.8) is 0 Å². The second-order valence-electron chi connectivity index (χ2n) is 16.9. The summed E-state index contributed by atoms with van der Waals surface area (Å²) in [7, 11) is -5.26. The summed E-state index contributed by atoms with van der Waals surface area (Å²) in [5, 5.41) is 9.57. The van der Waals surface area contributed by atoms with E-state index >= 15 is 0 Å². The molecular formula is C41H49F5N7O12P.